The van der Waals surface area contributed by atoms with E-state index in [1.54, 1.807) is 0 Å². The first-order chi connectivity index (χ1) is 6.25. The second-order valence-corrected chi connectivity index (χ2v) is 4.49. The van der Waals surface area contributed by atoms with E-state index in [0.29, 0.717) is 0 Å². The smallest absolute Gasteiger partial charge is 0.0704 e. The highest BCUT2D eigenvalue weighted by Crippen LogP contribution is 2.37. The Bertz CT molecular complexity index is 134. The lowest BCUT2D eigenvalue weighted by Crippen LogP contribution is -2.37. The predicted octanol–water partition coefficient (Wildman–Crippen LogP) is 3.77. The molecule has 0 spiro atoms. The molecule has 0 heterocycles. The quantitative estimate of drug-likeness (QED) is 0.607. The van der Waals surface area contributed by atoms with Gasteiger partial charge in [0.25, 0.3) is 0 Å². The molecule has 1 nitrogen and oxygen atoms in total. The van der Waals surface area contributed by atoms with Crippen molar-refractivity contribution in [3.05, 3.63) is 0 Å². The van der Waals surface area contributed by atoms with Crippen molar-refractivity contribution >= 4 is 0 Å². The average molecular weight is 184 g/mol. The Morgan fingerprint density at radius 2 is 1.69 bits per heavy atom. The van der Waals surface area contributed by atoms with Gasteiger partial charge in [-0.3, -0.25) is 0 Å². The molecular formula is C12H24O. The lowest BCUT2D eigenvalue weighted by Gasteiger charge is -2.37. The molecule has 0 aromatic carbocycles. The molecule has 0 radical (unpaired) electrons. The lowest BCUT2D eigenvalue weighted by molar-refractivity contribution is -0.0655. The van der Waals surface area contributed by atoms with Crippen LogP contribution in [-0.4, -0.2) is 12.7 Å². The summed E-state index contributed by atoms with van der Waals surface area (Å²) in [7, 11) is 1.90. The summed E-state index contributed by atoms with van der Waals surface area (Å²) in [4.78, 5) is 0. The van der Waals surface area contributed by atoms with Crippen LogP contribution in [0.2, 0.25) is 0 Å². The molecule has 0 bridgehead atoms. The van der Waals surface area contributed by atoms with Crippen LogP contribution in [0.25, 0.3) is 0 Å². The largest absolute Gasteiger partial charge is 0.378 e. The molecule has 0 aliphatic heterocycles. The summed E-state index contributed by atoms with van der Waals surface area (Å²) in [5, 5.41) is 0. The van der Waals surface area contributed by atoms with Crippen molar-refractivity contribution in [1.82, 2.24) is 0 Å². The Morgan fingerprint density at radius 3 is 2.08 bits per heavy atom. The van der Waals surface area contributed by atoms with Gasteiger partial charge in [-0.25, -0.2) is 0 Å². The van der Waals surface area contributed by atoms with Crippen molar-refractivity contribution < 1.29 is 4.74 Å². The van der Waals surface area contributed by atoms with E-state index < -0.39 is 0 Å². The maximum Gasteiger partial charge on any atom is 0.0704 e. The van der Waals surface area contributed by atoms with Gasteiger partial charge in [0.15, 0.2) is 0 Å². The number of rotatable bonds is 3. The van der Waals surface area contributed by atoms with Crippen LogP contribution >= 0.6 is 0 Å². The van der Waals surface area contributed by atoms with Gasteiger partial charge >= 0.3 is 0 Å². The van der Waals surface area contributed by atoms with E-state index >= 15 is 0 Å². The fraction of sp³-hybridized carbons (Fsp3) is 1.00. The zero-order valence-corrected chi connectivity index (χ0v) is 9.44. The highest BCUT2D eigenvalue weighted by atomic mass is 16.5. The molecule has 1 rings (SSSR count). The zero-order chi connectivity index (χ0) is 9.73. The maximum absolute atomic E-state index is 5.81. The van der Waals surface area contributed by atoms with E-state index in [9.17, 15) is 0 Å². The van der Waals surface area contributed by atoms with Crippen LogP contribution in [0.15, 0.2) is 0 Å². The van der Waals surface area contributed by atoms with E-state index in [2.05, 4.69) is 13.8 Å². The molecule has 1 aliphatic carbocycles. The highest BCUT2D eigenvalue weighted by molar-refractivity contribution is 4.87. The first kappa shape index (κ1) is 11.0. The fourth-order valence-corrected chi connectivity index (χ4v) is 2.60. The van der Waals surface area contributed by atoms with Gasteiger partial charge in [0.1, 0.15) is 0 Å². The number of ether oxygens (including phenoxy) is 1. The van der Waals surface area contributed by atoms with Crippen LogP contribution in [-0.2, 0) is 4.74 Å². The maximum atomic E-state index is 5.81. The summed E-state index contributed by atoms with van der Waals surface area (Å²) in [6.07, 6.45) is 9.32. The molecule has 13 heavy (non-hydrogen) atoms. The van der Waals surface area contributed by atoms with E-state index in [-0.39, 0.29) is 5.60 Å². The van der Waals surface area contributed by atoms with Crippen molar-refractivity contribution in [2.24, 2.45) is 5.92 Å². The van der Waals surface area contributed by atoms with Crippen molar-refractivity contribution in [1.29, 1.82) is 0 Å². The summed E-state index contributed by atoms with van der Waals surface area (Å²) < 4.78 is 5.81. The third-order valence-electron chi connectivity index (χ3n) is 3.87. The first-order valence-corrected chi connectivity index (χ1v) is 5.80. The summed E-state index contributed by atoms with van der Waals surface area (Å²) in [5.74, 6) is 0.718. The average Bonchev–Trinajstić information content (AvgIpc) is 2.42. The molecule has 0 aromatic rings. The molecule has 0 N–H and O–H groups in total. The highest BCUT2D eigenvalue weighted by Gasteiger charge is 2.35. The van der Waals surface area contributed by atoms with Crippen molar-refractivity contribution in [3.63, 3.8) is 0 Å². The number of hydrogen-bond donors (Lipinski definition) is 0. The van der Waals surface area contributed by atoms with E-state index in [1.165, 1.54) is 44.9 Å². The van der Waals surface area contributed by atoms with E-state index in [0.717, 1.165) is 5.92 Å². The molecule has 1 saturated carbocycles. The molecule has 1 aliphatic rings. The molecule has 0 aromatic heterocycles. The second-order valence-electron chi connectivity index (χ2n) is 4.49. The van der Waals surface area contributed by atoms with Crippen LogP contribution in [0.4, 0.5) is 0 Å². The van der Waals surface area contributed by atoms with Crippen molar-refractivity contribution in [3.8, 4) is 0 Å². The molecule has 1 heteroatoms. The third kappa shape index (κ3) is 2.46. The van der Waals surface area contributed by atoms with Crippen LogP contribution in [0, 0.1) is 5.92 Å². The Balaban J connectivity index is 2.64. The minimum Gasteiger partial charge on any atom is -0.378 e. The van der Waals surface area contributed by atoms with Gasteiger partial charge in [-0.15, -0.1) is 0 Å². The fourth-order valence-electron chi connectivity index (χ4n) is 2.60. The van der Waals surface area contributed by atoms with Crippen LogP contribution in [0.3, 0.4) is 0 Å². The van der Waals surface area contributed by atoms with Gasteiger partial charge in [0, 0.05) is 7.11 Å². The Hall–Kier alpha value is -0.0400. The molecule has 78 valence electrons. The molecule has 1 fully saturated rings. The van der Waals surface area contributed by atoms with Crippen LogP contribution in [0.5, 0.6) is 0 Å². The van der Waals surface area contributed by atoms with Gasteiger partial charge in [0.05, 0.1) is 5.60 Å². The number of hydrogen-bond acceptors (Lipinski definition) is 1. The summed E-state index contributed by atoms with van der Waals surface area (Å²) in [6, 6.07) is 0. The predicted molar refractivity (Wildman–Crippen MR) is 56.9 cm³/mol. The lowest BCUT2D eigenvalue weighted by atomic mass is 9.80. The van der Waals surface area contributed by atoms with Gasteiger partial charge < -0.3 is 4.74 Å². The van der Waals surface area contributed by atoms with Gasteiger partial charge in [0.2, 0.25) is 0 Å². The van der Waals surface area contributed by atoms with E-state index in [1.807, 2.05) is 7.11 Å². The molecule has 0 saturated heterocycles. The minimum absolute atomic E-state index is 0.214. The van der Waals surface area contributed by atoms with Crippen molar-refractivity contribution in [2.45, 2.75) is 64.4 Å². The van der Waals surface area contributed by atoms with Crippen LogP contribution < -0.4 is 0 Å². The standard InChI is InChI=1S/C12H24O/c1-4-11(2)12(13-3)9-7-5-6-8-10-12/h11H,4-10H2,1-3H3. The number of methoxy groups -OCH3 is 1. The van der Waals surface area contributed by atoms with E-state index in [4.69, 9.17) is 4.74 Å². The minimum atomic E-state index is 0.214. The molecular weight excluding hydrogens is 160 g/mol. The monoisotopic (exact) mass is 184 g/mol. The normalized spacial score (nSPS) is 25.2. The topological polar surface area (TPSA) is 9.23 Å². The zero-order valence-electron chi connectivity index (χ0n) is 9.44. The van der Waals surface area contributed by atoms with Crippen LogP contribution in [0.1, 0.15) is 58.8 Å². The van der Waals surface area contributed by atoms with Crippen molar-refractivity contribution in [2.75, 3.05) is 7.11 Å². The first-order valence-electron chi connectivity index (χ1n) is 5.80. The van der Waals surface area contributed by atoms with Gasteiger partial charge in [-0.1, -0.05) is 46.0 Å². The molecule has 0 amide bonds. The van der Waals surface area contributed by atoms with Gasteiger partial charge in [-0.2, -0.15) is 0 Å². The summed E-state index contributed by atoms with van der Waals surface area (Å²) in [6.45, 7) is 4.62. The summed E-state index contributed by atoms with van der Waals surface area (Å²) >= 11 is 0. The summed E-state index contributed by atoms with van der Waals surface area (Å²) in [5.41, 5.74) is 0.214. The Labute approximate surface area is 82.9 Å². The molecule has 1 unspecified atom stereocenters. The molecule has 1 atom stereocenters. The second kappa shape index (κ2) is 4.99. The SMILES string of the molecule is CCC(C)C1(OC)CCCCCC1. The van der Waals surface area contributed by atoms with Gasteiger partial charge in [-0.05, 0) is 18.8 Å². The Kier molecular flexibility index (Phi) is 4.24. The third-order valence-corrected chi connectivity index (χ3v) is 3.87. The Morgan fingerprint density at radius 1 is 1.15 bits per heavy atom.